The lowest BCUT2D eigenvalue weighted by molar-refractivity contribution is -0.732. The Hall–Kier alpha value is -5.61. The number of aromatic nitrogens is 2. The van der Waals surface area contributed by atoms with Crippen LogP contribution in [0.3, 0.4) is 0 Å². The van der Waals surface area contributed by atoms with Crippen LogP contribution in [0.1, 0.15) is 91.0 Å². The Labute approximate surface area is 382 Å². The molecule has 2 aromatic heterocycles. The number of nitrogens with one attached hydrogen (secondary N) is 2. The Morgan fingerprint density at radius 2 is 1.94 bits per heavy atom. The Morgan fingerprint density at radius 3 is 2.66 bits per heavy atom. The first-order chi connectivity index (χ1) is 31.0. The van der Waals surface area contributed by atoms with E-state index in [1.54, 1.807) is 25.3 Å². The van der Waals surface area contributed by atoms with E-state index in [1.165, 1.54) is 16.1 Å². The second-order valence-electron chi connectivity index (χ2n) is 19.2. The summed E-state index contributed by atoms with van der Waals surface area (Å²) in [5, 5.41) is 7.04. The number of anilines is 1. The minimum absolute atomic E-state index is 0.146. The Bertz CT molecular complexity index is 2340. The van der Waals surface area contributed by atoms with Crippen LogP contribution in [0.25, 0.3) is 22.2 Å². The zero-order valence-electron chi connectivity index (χ0n) is 39.5. The Morgan fingerprint density at radius 1 is 1.15 bits per heavy atom. The van der Waals surface area contributed by atoms with Crippen LogP contribution < -0.4 is 15.6 Å². The van der Waals surface area contributed by atoms with Crippen LogP contribution in [-0.4, -0.2) is 131 Å². The molecule has 4 aliphatic heterocycles. The molecule has 0 saturated carbocycles. The van der Waals surface area contributed by atoms with E-state index in [2.05, 4.69) is 77.9 Å². The average molecular weight is 895 g/mol. The van der Waals surface area contributed by atoms with Gasteiger partial charge >= 0.3 is 5.97 Å². The summed E-state index contributed by atoms with van der Waals surface area (Å²) < 4.78 is 14.3. The lowest BCUT2D eigenvalue weighted by Gasteiger charge is -2.37. The van der Waals surface area contributed by atoms with Gasteiger partial charge in [0, 0.05) is 80.0 Å². The predicted octanol–water partition coefficient (Wildman–Crippen LogP) is 5.50. The molecule has 2 fully saturated rings. The maximum Gasteiger partial charge on any atom is 0.324 e. The molecule has 2 N–H and O–H groups in total. The first-order valence-electron chi connectivity index (χ1n) is 23.3. The highest BCUT2D eigenvalue weighted by Crippen LogP contribution is 2.42. The summed E-state index contributed by atoms with van der Waals surface area (Å²) in [5.41, 5.74) is 9.86. The number of likely N-dealkylation sites (N-methyl/N-ethyl adjacent to an activating group) is 1. The molecular weight excluding hydrogens is 827 g/mol. The van der Waals surface area contributed by atoms with Crippen molar-refractivity contribution in [3.05, 3.63) is 77.0 Å². The monoisotopic (exact) mass is 895 g/mol. The zero-order chi connectivity index (χ0) is 46.7. The molecular formula is C49H68N9O7+. The minimum Gasteiger partial charge on any atom is -0.464 e. The van der Waals surface area contributed by atoms with Gasteiger partial charge in [-0.15, -0.1) is 5.01 Å². The summed E-state index contributed by atoms with van der Waals surface area (Å²) in [6, 6.07) is 7.47. The summed E-state index contributed by atoms with van der Waals surface area (Å²) in [7, 11) is 3.28. The van der Waals surface area contributed by atoms with E-state index in [0.29, 0.717) is 51.9 Å². The highest BCUT2D eigenvalue weighted by Gasteiger charge is 2.45. The van der Waals surface area contributed by atoms with Crippen molar-refractivity contribution in [3.63, 3.8) is 0 Å². The van der Waals surface area contributed by atoms with Crippen molar-refractivity contribution in [2.24, 2.45) is 11.3 Å². The summed E-state index contributed by atoms with van der Waals surface area (Å²) >= 11 is 0. The molecule has 7 rings (SSSR count). The molecule has 65 heavy (non-hydrogen) atoms. The maximum absolute atomic E-state index is 14.7. The van der Waals surface area contributed by atoms with Crippen molar-refractivity contribution in [3.8, 4) is 11.3 Å². The number of hydrogen-bond donors (Lipinski definition) is 2. The number of likely N-dealkylation sites (tertiary alicyclic amines) is 1. The number of nitrogens with zero attached hydrogens (tertiary/aromatic N) is 7. The molecule has 5 atom stereocenters. The van der Waals surface area contributed by atoms with Gasteiger partial charge in [-0.1, -0.05) is 45.9 Å². The number of hydrazine groups is 2. The molecule has 0 unspecified atom stereocenters. The summed E-state index contributed by atoms with van der Waals surface area (Å²) in [4.78, 5) is 78.8. The number of rotatable bonds is 11. The number of benzene rings is 1. The SMILES string of the molecule is C=CC(=O)N1CC[C@H]([N+](=O)N(C)[C@H](C(=O)N[C@H]2CC3=CCCN(C3)c3ccc4c(c3)c(c(-c3cccnc3[C@H](C)OC)n4CC)CC(C)(C)COC(=O)[C@@H]3CCCN(N3)C2=O)C(C)C)C1. The van der Waals surface area contributed by atoms with E-state index in [4.69, 9.17) is 14.5 Å². The van der Waals surface area contributed by atoms with Crippen LogP contribution in [0.15, 0.2) is 60.8 Å². The van der Waals surface area contributed by atoms with Crippen LogP contribution in [0.2, 0.25) is 0 Å². The number of hydrogen-bond acceptors (Lipinski definition) is 10. The van der Waals surface area contributed by atoms with Gasteiger partial charge in [0.25, 0.3) is 11.9 Å². The van der Waals surface area contributed by atoms with Crippen LogP contribution in [-0.2, 0) is 41.6 Å². The van der Waals surface area contributed by atoms with Gasteiger partial charge in [-0.25, -0.2) is 5.43 Å². The van der Waals surface area contributed by atoms with Crippen molar-refractivity contribution >= 4 is 40.3 Å². The fraction of sp³-hybridized carbons (Fsp3) is 0.571. The molecule has 3 amide bonds. The van der Waals surface area contributed by atoms with Gasteiger partial charge in [0.2, 0.25) is 11.8 Å². The largest absolute Gasteiger partial charge is 0.464 e. The predicted molar refractivity (Wildman–Crippen MR) is 249 cm³/mol. The molecule has 6 heterocycles. The third kappa shape index (κ3) is 9.98. The zero-order valence-corrected chi connectivity index (χ0v) is 39.5. The molecule has 0 spiro atoms. The standard InChI is InChI=1S/C49H67N9O7/c1-10-42(59)55-24-20-35(29-55)58(63)53(8)44(31(3)4)46(60)51-40-25-33-15-13-22-54(28-33)34-18-19-41-37(26-34)38(45(56(41)11-2)36-16-12-21-50-43(36)32(5)64-9)27-49(6,7)30-65-48(62)39-17-14-23-57(52-39)47(40)61/h10,12,15-16,18-19,21,26,31-32,35,39-40,44,52H,1,11,13-14,17,20,22-25,27-30H2,2-9H3/p+1/t32-,35-,39-,40-,44-/m0/s1. The molecule has 3 aromatic rings. The first-order valence-corrected chi connectivity index (χ1v) is 23.3. The van der Waals surface area contributed by atoms with Crippen LogP contribution >= 0.6 is 0 Å². The second kappa shape index (κ2) is 19.9. The lowest BCUT2D eigenvalue weighted by atomic mass is 9.84. The third-order valence-electron chi connectivity index (χ3n) is 13.5. The van der Waals surface area contributed by atoms with E-state index < -0.39 is 41.5 Å². The van der Waals surface area contributed by atoms with Gasteiger partial charge in [0.15, 0.2) is 6.04 Å². The van der Waals surface area contributed by atoms with Gasteiger partial charge in [0.1, 0.15) is 17.0 Å². The number of ether oxygens (including phenoxy) is 2. The quantitative estimate of drug-likeness (QED) is 0.0823. The lowest BCUT2D eigenvalue weighted by Crippen LogP contribution is -2.62. The van der Waals surface area contributed by atoms with Crippen molar-refractivity contribution < 1.29 is 33.5 Å². The summed E-state index contributed by atoms with van der Waals surface area (Å²) in [5.74, 6) is -1.83. The molecule has 350 valence electrons. The number of carbonyl (C=O) groups excluding carboxylic acids is 4. The summed E-state index contributed by atoms with van der Waals surface area (Å²) in [6.45, 7) is 18.8. The van der Waals surface area contributed by atoms with Gasteiger partial charge in [-0.3, -0.25) is 29.2 Å². The average Bonchev–Trinajstić information content (AvgIpc) is 3.92. The van der Waals surface area contributed by atoms with E-state index in [0.717, 1.165) is 62.5 Å². The number of fused-ring (bicyclic) bond motifs is 6. The topological polar surface area (TPSA) is 162 Å². The van der Waals surface area contributed by atoms with Gasteiger partial charge in [0.05, 0.1) is 42.6 Å². The van der Waals surface area contributed by atoms with E-state index in [-0.39, 0.29) is 43.4 Å². The summed E-state index contributed by atoms with van der Waals surface area (Å²) in [6.07, 6.45) is 8.02. The van der Waals surface area contributed by atoms with Gasteiger partial charge < -0.3 is 29.2 Å². The third-order valence-corrected chi connectivity index (χ3v) is 13.5. The van der Waals surface area contributed by atoms with Crippen molar-refractivity contribution in [1.29, 1.82) is 0 Å². The minimum atomic E-state index is -1.01. The number of amides is 3. The van der Waals surface area contributed by atoms with Crippen molar-refractivity contribution in [2.45, 2.75) is 117 Å². The molecule has 6 bridgehead atoms. The Balaban J connectivity index is 1.25. The van der Waals surface area contributed by atoms with Crippen LogP contribution in [0.5, 0.6) is 0 Å². The van der Waals surface area contributed by atoms with Crippen molar-refractivity contribution in [2.75, 3.05) is 58.4 Å². The number of cyclic esters (lactones) is 1. The van der Waals surface area contributed by atoms with E-state index >= 15 is 0 Å². The first kappa shape index (κ1) is 47.4. The van der Waals surface area contributed by atoms with Crippen molar-refractivity contribution in [1.82, 2.24) is 35.2 Å². The fourth-order valence-electron chi connectivity index (χ4n) is 10.1. The number of aryl methyl sites for hydroxylation is 1. The van der Waals surface area contributed by atoms with Gasteiger partial charge in [-0.05, 0) is 93.8 Å². The number of nitroso groups, excluding NO2 is 1. The molecule has 0 aliphatic carbocycles. The fourth-order valence-corrected chi connectivity index (χ4v) is 10.1. The number of carbonyl (C=O) groups is 4. The number of esters is 1. The molecule has 16 heteroatoms. The number of pyridine rings is 1. The Kier molecular flexibility index (Phi) is 14.5. The molecule has 0 radical (unpaired) electrons. The van der Waals surface area contributed by atoms with E-state index in [1.807, 2.05) is 26.8 Å². The van der Waals surface area contributed by atoms with Crippen LogP contribution in [0, 0.1) is 16.2 Å². The molecule has 16 nitrogen and oxygen atoms in total. The van der Waals surface area contributed by atoms with Crippen LogP contribution in [0.4, 0.5) is 5.69 Å². The normalized spacial score (nSPS) is 22.5. The smallest absolute Gasteiger partial charge is 0.324 e. The van der Waals surface area contributed by atoms with Gasteiger partial charge in [-0.2, -0.15) is 0 Å². The molecule has 1 aromatic carbocycles. The molecule has 2 saturated heterocycles. The van der Waals surface area contributed by atoms with E-state index in [9.17, 15) is 24.1 Å². The maximum atomic E-state index is 14.7. The highest BCUT2D eigenvalue weighted by atomic mass is 16.5. The number of methoxy groups -OCH3 is 1. The second-order valence-corrected chi connectivity index (χ2v) is 19.2. The highest BCUT2D eigenvalue weighted by molar-refractivity contribution is 5.95. The molecule has 4 aliphatic rings.